The van der Waals surface area contributed by atoms with Gasteiger partial charge < -0.3 is 0 Å². The van der Waals surface area contributed by atoms with E-state index in [-0.39, 0.29) is 18.2 Å². The predicted molar refractivity (Wildman–Crippen MR) is 73.4 cm³/mol. The van der Waals surface area contributed by atoms with Crippen LogP contribution in [0.1, 0.15) is 11.1 Å². The van der Waals surface area contributed by atoms with E-state index in [0.717, 1.165) is 0 Å². The molecule has 0 atom stereocenters. The van der Waals surface area contributed by atoms with Crippen molar-refractivity contribution in [2.45, 2.75) is 25.2 Å². The molecule has 0 N–H and O–H groups in total. The van der Waals surface area contributed by atoms with E-state index in [1.165, 1.54) is 0 Å². The molecular weight excluding hydrogens is 525 g/mol. The SMILES string of the molecule is O=C(OI(OC(=O)C(F)F)c1cc(C(F)(F)F)cc(C(F)(F)F)c1)C(F)F. The van der Waals surface area contributed by atoms with Crippen LogP contribution in [-0.4, -0.2) is 24.8 Å². The third-order valence-corrected chi connectivity index (χ3v) is 5.69. The van der Waals surface area contributed by atoms with Crippen molar-refractivity contribution in [1.29, 1.82) is 0 Å². The Hall–Kier alpha value is -1.81. The zero-order chi connectivity index (χ0) is 21.2. The Morgan fingerprint density at radius 2 is 1.07 bits per heavy atom. The zero-order valence-corrected chi connectivity index (χ0v) is 14.3. The van der Waals surface area contributed by atoms with Gasteiger partial charge in [-0.3, -0.25) is 0 Å². The first-order valence-electron chi connectivity index (χ1n) is 6.13. The molecule has 1 aromatic rings. The van der Waals surface area contributed by atoms with Crippen molar-refractivity contribution in [3.63, 3.8) is 0 Å². The van der Waals surface area contributed by atoms with Crippen LogP contribution in [0.5, 0.6) is 0 Å². The van der Waals surface area contributed by atoms with E-state index in [1.54, 1.807) is 0 Å². The molecule has 1 rings (SSSR count). The normalized spacial score (nSPS) is 13.0. The first-order valence-corrected chi connectivity index (χ1v) is 8.97. The van der Waals surface area contributed by atoms with Crippen LogP contribution in [0.3, 0.4) is 0 Å². The molecule has 0 spiro atoms. The van der Waals surface area contributed by atoms with Gasteiger partial charge in [0.05, 0.1) is 0 Å². The van der Waals surface area contributed by atoms with E-state index in [2.05, 4.69) is 6.13 Å². The summed E-state index contributed by atoms with van der Waals surface area (Å²) in [6.07, 6.45) is -18.5. The number of rotatable bonds is 5. The van der Waals surface area contributed by atoms with Gasteiger partial charge in [0.25, 0.3) is 0 Å². The van der Waals surface area contributed by atoms with Gasteiger partial charge in [0.15, 0.2) is 0 Å². The number of carbonyl (C=O) groups excluding carboxylic acids is 2. The molecule has 0 aliphatic carbocycles. The van der Waals surface area contributed by atoms with Gasteiger partial charge in [-0.1, -0.05) is 0 Å². The first-order chi connectivity index (χ1) is 12.1. The second-order valence-corrected chi connectivity index (χ2v) is 7.70. The van der Waals surface area contributed by atoms with E-state index in [1.807, 2.05) is 0 Å². The Morgan fingerprint density at radius 1 is 0.741 bits per heavy atom. The fraction of sp³-hybridized carbons (Fsp3) is 0.333. The number of benzene rings is 1. The van der Waals surface area contributed by atoms with E-state index in [4.69, 9.17) is 0 Å². The molecule has 154 valence electrons. The standard InChI is InChI=1S/C12H5F10IO4/c13-7(14)9(24)26-23(27-10(25)8(15)16)6-2-4(11(17,18)19)1-5(3-6)12(20,21)22/h1-3,7-8H. The molecule has 0 fully saturated rings. The van der Waals surface area contributed by atoms with Crippen LogP contribution in [-0.2, 0) is 28.1 Å². The molecule has 0 aromatic heterocycles. The Bertz CT molecular complexity index is 646. The summed E-state index contributed by atoms with van der Waals surface area (Å²) in [5.41, 5.74) is -3.90. The fourth-order valence-electron chi connectivity index (χ4n) is 1.32. The molecule has 15 heteroatoms. The van der Waals surface area contributed by atoms with Gasteiger partial charge in [-0.15, -0.1) is 0 Å². The van der Waals surface area contributed by atoms with Gasteiger partial charge >= 0.3 is 150 Å². The van der Waals surface area contributed by atoms with Crippen LogP contribution in [0.2, 0.25) is 0 Å². The van der Waals surface area contributed by atoms with Crippen molar-refractivity contribution in [3.05, 3.63) is 32.9 Å². The summed E-state index contributed by atoms with van der Waals surface area (Å²) in [5.74, 6) is -4.93. The van der Waals surface area contributed by atoms with Crippen molar-refractivity contribution >= 4 is 32.6 Å². The van der Waals surface area contributed by atoms with Gasteiger partial charge in [0.2, 0.25) is 0 Å². The number of carbonyl (C=O) groups is 2. The second-order valence-electron chi connectivity index (χ2n) is 4.34. The molecule has 0 saturated carbocycles. The predicted octanol–water partition coefficient (Wildman–Crippen LogP) is 4.85. The van der Waals surface area contributed by atoms with Crippen LogP contribution >= 0.6 is 20.6 Å². The molecule has 0 aliphatic rings. The van der Waals surface area contributed by atoms with E-state index < -0.39 is 72.5 Å². The molecule has 0 aliphatic heterocycles. The van der Waals surface area contributed by atoms with Crippen LogP contribution in [0.15, 0.2) is 18.2 Å². The average molecular weight is 530 g/mol. The number of hydrogen-bond donors (Lipinski definition) is 0. The van der Waals surface area contributed by atoms with E-state index >= 15 is 0 Å². The Labute approximate surface area is 150 Å². The maximum atomic E-state index is 12.8. The van der Waals surface area contributed by atoms with Gasteiger partial charge in [0, 0.05) is 0 Å². The molecule has 4 nitrogen and oxygen atoms in total. The summed E-state index contributed by atoms with van der Waals surface area (Å²) < 4.78 is 132. The molecule has 0 heterocycles. The monoisotopic (exact) mass is 530 g/mol. The van der Waals surface area contributed by atoms with Gasteiger partial charge in [-0.05, 0) is 0 Å². The Kier molecular flexibility index (Phi) is 7.29. The summed E-state index contributed by atoms with van der Waals surface area (Å²) in [7, 11) is 0. The summed E-state index contributed by atoms with van der Waals surface area (Å²) in [5, 5.41) is 0. The summed E-state index contributed by atoms with van der Waals surface area (Å²) in [4.78, 5) is 21.8. The van der Waals surface area contributed by atoms with E-state index in [0.29, 0.717) is 0 Å². The average Bonchev–Trinajstić information content (AvgIpc) is 2.51. The van der Waals surface area contributed by atoms with Crippen molar-refractivity contribution in [2.24, 2.45) is 0 Å². The molecule has 0 radical (unpaired) electrons. The first kappa shape index (κ1) is 23.2. The summed E-state index contributed by atoms with van der Waals surface area (Å²) in [6.45, 7) is 0. The molecule has 0 unspecified atom stereocenters. The number of hydrogen-bond acceptors (Lipinski definition) is 4. The second kappa shape index (κ2) is 8.47. The topological polar surface area (TPSA) is 52.6 Å². The third kappa shape index (κ3) is 6.69. The zero-order valence-electron chi connectivity index (χ0n) is 12.2. The maximum absolute atomic E-state index is 12.8. The van der Waals surface area contributed by atoms with Crippen molar-refractivity contribution in [3.8, 4) is 0 Å². The molecule has 0 saturated heterocycles. The van der Waals surface area contributed by atoms with Gasteiger partial charge in [-0.2, -0.15) is 0 Å². The summed E-state index contributed by atoms with van der Waals surface area (Å²) >= 11 is -4.89. The van der Waals surface area contributed by atoms with Crippen molar-refractivity contribution in [1.82, 2.24) is 0 Å². The van der Waals surface area contributed by atoms with Crippen molar-refractivity contribution < 1.29 is 59.6 Å². The molecule has 27 heavy (non-hydrogen) atoms. The van der Waals surface area contributed by atoms with Crippen LogP contribution in [0, 0.1) is 3.57 Å². The number of alkyl halides is 10. The number of halogens is 11. The molecule has 0 amide bonds. The molecular formula is C12H5F10IO4. The Morgan fingerprint density at radius 3 is 1.33 bits per heavy atom. The Balaban J connectivity index is 3.49. The van der Waals surface area contributed by atoms with Crippen LogP contribution in [0.4, 0.5) is 43.9 Å². The van der Waals surface area contributed by atoms with Crippen molar-refractivity contribution in [2.75, 3.05) is 0 Å². The molecule has 1 aromatic carbocycles. The minimum absolute atomic E-state index is 0.0718. The molecule has 0 bridgehead atoms. The van der Waals surface area contributed by atoms with Gasteiger partial charge in [0.1, 0.15) is 0 Å². The van der Waals surface area contributed by atoms with Crippen LogP contribution in [0.25, 0.3) is 0 Å². The van der Waals surface area contributed by atoms with Gasteiger partial charge in [-0.25, -0.2) is 0 Å². The van der Waals surface area contributed by atoms with Crippen LogP contribution < -0.4 is 0 Å². The van der Waals surface area contributed by atoms with E-state index in [9.17, 15) is 53.5 Å². The fourth-order valence-corrected chi connectivity index (χ4v) is 4.27. The minimum atomic E-state index is -5.36. The third-order valence-electron chi connectivity index (χ3n) is 2.38. The quantitative estimate of drug-likeness (QED) is 0.404. The summed E-state index contributed by atoms with van der Waals surface area (Å²) in [6, 6.07) is -0.489.